The maximum atomic E-state index is 12.9. The molecule has 7 nitrogen and oxygen atoms in total. The summed E-state index contributed by atoms with van der Waals surface area (Å²) >= 11 is 0. The van der Waals surface area contributed by atoms with Crippen LogP contribution >= 0.6 is 0 Å². The second kappa shape index (κ2) is 7.90. The van der Waals surface area contributed by atoms with Gasteiger partial charge in [-0.2, -0.15) is 5.10 Å². The Balaban J connectivity index is 1.39. The Morgan fingerprint density at radius 3 is 2.36 bits per heavy atom. The molecule has 0 aliphatic carbocycles. The number of amides is 1. The smallest absolute Gasteiger partial charge is 0.254 e. The van der Waals surface area contributed by atoms with E-state index in [0.29, 0.717) is 30.2 Å². The van der Waals surface area contributed by atoms with E-state index in [1.165, 1.54) is 0 Å². The number of hydrogen-bond donors (Lipinski definition) is 0. The first-order valence-electron chi connectivity index (χ1n) is 9.34. The number of benzene rings is 1. The number of piperazine rings is 1. The molecular formula is C21H24N4O3. The molecule has 28 heavy (non-hydrogen) atoms. The van der Waals surface area contributed by atoms with Crippen molar-refractivity contribution in [1.82, 2.24) is 19.4 Å². The molecule has 1 amide bonds. The van der Waals surface area contributed by atoms with Crippen molar-refractivity contribution >= 4 is 11.4 Å². The van der Waals surface area contributed by atoms with Gasteiger partial charge in [-0.25, -0.2) is 4.52 Å². The quantitative estimate of drug-likeness (QED) is 0.680. The molecule has 1 aliphatic heterocycles. The minimum absolute atomic E-state index is 0.00424. The molecule has 3 heterocycles. The Labute approximate surface area is 164 Å². The van der Waals surface area contributed by atoms with Crippen LogP contribution in [0.5, 0.6) is 11.5 Å². The van der Waals surface area contributed by atoms with Crippen LogP contribution in [0, 0.1) is 0 Å². The van der Waals surface area contributed by atoms with E-state index in [4.69, 9.17) is 9.47 Å². The summed E-state index contributed by atoms with van der Waals surface area (Å²) < 4.78 is 12.4. The Kier molecular flexibility index (Phi) is 5.16. The second-order valence-corrected chi connectivity index (χ2v) is 6.88. The van der Waals surface area contributed by atoms with Crippen molar-refractivity contribution in [2.75, 3.05) is 40.4 Å². The van der Waals surface area contributed by atoms with Crippen molar-refractivity contribution in [3.05, 3.63) is 59.9 Å². The first-order valence-corrected chi connectivity index (χ1v) is 9.34. The molecule has 7 heteroatoms. The number of aromatic nitrogens is 2. The molecule has 0 bridgehead atoms. The van der Waals surface area contributed by atoms with Crippen LogP contribution in [-0.2, 0) is 6.54 Å². The van der Waals surface area contributed by atoms with Crippen LogP contribution in [0.25, 0.3) is 5.52 Å². The standard InChI is InChI=1S/C21H24N4O3/c1-27-19-11-16(12-20(14-19)28-2)21(26)24-9-7-23(8-10-24)15-17-13-18-5-3-4-6-25(18)22-17/h3-6,11-14H,7-10,15H2,1-2H3. The van der Waals surface area contributed by atoms with Crippen LogP contribution in [0.15, 0.2) is 48.7 Å². The third-order valence-electron chi connectivity index (χ3n) is 5.06. The lowest BCUT2D eigenvalue weighted by Crippen LogP contribution is -2.48. The lowest BCUT2D eigenvalue weighted by Gasteiger charge is -2.34. The number of methoxy groups -OCH3 is 2. The largest absolute Gasteiger partial charge is 0.497 e. The van der Waals surface area contributed by atoms with Crippen LogP contribution < -0.4 is 9.47 Å². The molecular weight excluding hydrogens is 356 g/mol. The van der Waals surface area contributed by atoms with E-state index in [1.54, 1.807) is 32.4 Å². The van der Waals surface area contributed by atoms with Gasteiger partial charge in [0.15, 0.2) is 0 Å². The molecule has 1 aliphatic rings. The number of pyridine rings is 1. The normalized spacial score (nSPS) is 15.0. The molecule has 0 spiro atoms. The van der Waals surface area contributed by atoms with E-state index in [0.717, 1.165) is 30.8 Å². The zero-order valence-corrected chi connectivity index (χ0v) is 16.2. The highest BCUT2D eigenvalue weighted by molar-refractivity contribution is 5.95. The van der Waals surface area contributed by atoms with Gasteiger partial charge in [0.05, 0.1) is 25.4 Å². The highest BCUT2D eigenvalue weighted by atomic mass is 16.5. The third kappa shape index (κ3) is 3.80. The average Bonchev–Trinajstić information content (AvgIpc) is 3.15. The minimum Gasteiger partial charge on any atom is -0.497 e. The predicted molar refractivity (Wildman–Crippen MR) is 106 cm³/mol. The van der Waals surface area contributed by atoms with E-state index in [9.17, 15) is 4.79 Å². The molecule has 2 aromatic heterocycles. The summed E-state index contributed by atoms with van der Waals surface area (Å²) in [5.74, 6) is 1.24. The van der Waals surface area contributed by atoms with Crippen LogP contribution in [-0.4, -0.2) is 65.7 Å². The molecule has 3 aromatic rings. The Morgan fingerprint density at radius 1 is 1.00 bits per heavy atom. The maximum Gasteiger partial charge on any atom is 0.254 e. The van der Waals surface area contributed by atoms with E-state index < -0.39 is 0 Å². The first-order chi connectivity index (χ1) is 13.7. The number of carbonyl (C=O) groups is 1. The number of ether oxygens (including phenoxy) is 2. The molecule has 1 saturated heterocycles. The zero-order chi connectivity index (χ0) is 19.5. The van der Waals surface area contributed by atoms with E-state index in [1.807, 2.05) is 27.7 Å². The van der Waals surface area contributed by atoms with Crippen molar-refractivity contribution in [1.29, 1.82) is 0 Å². The van der Waals surface area contributed by atoms with E-state index in [2.05, 4.69) is 22.1 Å². The predicted octanol–water partition coefficient (Wildman–Crippen LogP) is 2.31. The van der Waals surface area contributed by atoms with Crippen LogP contribution in [0.2, 0.25) is 0 Å². The van der Waals surface area contributed by atoms with E-state index in [-0.39, 0.29) is 5.91 Å². The second-order valence-electron chi connectivity index (χ2n) is 6.88. The van der Waals surface area contributed by atoms with E-state index >= 15 is 0 Å². The van der Waals surface area contributed by atoms with Crippen molar-refractivity contribution in [2.45, 2.75) is 6.54 Å². The van der Waals surface area contributed by atoms with Crippen LogP contribution in [0.1, 0.15) is 16.1 Å². The van der Waals surface area contributed by atoms with Gasteiger partial charge in [-0.1, -0.05) is 6.07 Å². The molecule has 4 rings (SSSR count). The number of nitrogens with zero attached hydrogens (tertiary/aromatic N) is 4. The van der Waals surface area contributed by atoms with Crippen molar-refractivity contribution in [3.8, 4) is 11.5 Å². The van der Waals surface area contributed by atoms with Gasteiger partial charge >= 0.3 is 0 Å². The maximum absolute atomic E-state index is 12.9. The summed E-state index contributed by atoms with van der Waals surface area (Å²) in [5.41, 5.74) is 2.73. The van der Waals surface area contributed by atoms with Crippen molar-refractivity contribution in [2.24, 2.45) is 0 Å². The average molecular weight is 380 g/mol. The number of fused-ring (bicyclic) bond motifs is 1. The molecule has 1 fully saturated rings. The summed E-state index contributed by atoms with van der Waals surface area (Å²) in [7, 11) is 3.17. The molecule has 1 aromatic carbocycles. The Bertz CT molecular complexity index is 921. The topological polar surface area (TPSA) is 59.3 Å². The summed E-state index contributed by atoms with van der Waals surface area (Å²) in [6, 6.07) is 13.4. The van der Waals surface area contributed by atoms with Gasteiger partial charge in [0.25, 0.3) is 5.91 Å². The molecule has 0 atom stereocenters. The number of carbonyl (C=O) groups excluding carboxylic acids is 1. The molecule has 0 N–H and O–H groups in total. The Morgan fingerprint density at radius 2 is 1.71 bits per heavy atom. The SMILES string of the molecule is COc1cc(OC)cc(C(=O)N2CCN(Cc3cc4ccccn4n3)CC2)c1. The van der Waals surface area contributed by atoms with Gasteiger partial charge in [-0.05, 0) is 30.3 Å². The van der Waals surface area contributed by atoms with Gasteiger partial charge in [-0.15, -0.1) is 0 Å². The first kappa shape index (κ1) is 18.3. The number of hydrogen-bond acceptors (Lipinski definition) is 5. The summed E-state index contributed by atoms with van der Waals surface area (Å²) in [5, 5.41) is 4.61. The fraction of sp³-hybridized carbons (Fsp3) is 0.333. The van der Waals surface area contributed by atoms with Crippen molar-refractivity contribution in [3.63, 3.8) is 0 Å². The lowest BCUT2D eigenvalue weighted by molar-refractivity contribution is 0.0626. The van der Waals surface area contributed by atoms with Crippen LogP contribution in [0.3, 0.4) is 0 Å². The minimum atomic E-state index is 0.00424. The number of rotatable bonds is 5. The zero-order valence-electron chi connectivity index (χ0n) is 16.2. The fourth-order valence-corrected chi connectivity index (χ4v) is 3.52. The summed E-state index contributed by atoms with van der Waals surface area (Å²) in [4.78, 5) is 17.1. The summed E-state index contributed by atoms with van der Waals surface area (Å²) in [6.07, 6.45) is 1.96. The molecule has 0 saturated carbocycles. The highest BCUT2D eigenvalue weighted by Crippen LogP contribution is 2.24. The molecule has 146 valence electrons. The van der Waals surface area contributed by atoms with Crippen LogP contribution in [0.4, 0.5) is 0 Å². The van der Waals surface area contributed by atoms with Crippen molar-refractivity contribution < 1.29 is 14.3 Å². The summed E-state index contributed by atoms with van der Waals surface area (Å²) in [6.45, 7) is 3.80. The molecule has 0 unspecified atom stereocenters. The highest BCUT2D eigenvalue weighted by Gasteiger charge is 2.23. The Hall–Kier alpha value is -3.06. The van der Waals surface area contributed by atoms with Gasteiger partial charge < -0.3 is 14.4 Å². The fourth-order valence-electron chi connectivity index (χ4n) is 3.52. The monoisotopic (exact) mass is 380 g/mol. The van der Waals surface area contributed by atoms with Gasteiger partial charge in [-0.3, -0.25) is 9.69 Å². The van der Waals surface area contributed by atoms with Gasteiger partial charge in [0, 0.05) is 50.6 Å². The third-order valence-corrected chi connectivity index (χ3v) is 5.06. The van der Waals surface area contributed by atoms with Gasteiger partial charge in [0.2, 0.25) is 0 Å². The molecule has 0 radical (unpaired) electrons. The van der Waals surface area contributed by atoms with Gasteiger partial charge in [0.1, 0.15) is 11.5 Å². The lowest BCUT2D eigenvalue weighted by atomic mass is 10.1.